The molecule has 2 aliphatic rings. The van der Waals surface area contributed by atoms with Crippen LogP contribution in [0, 0.1) is 11.6 Å². The standard InChI is InChI=1S/C14H15ClF2O3/c15-9-7-10(16)12(11(17)8-9)13(18)1-3-14(4-2-13)19-5-6-20-14/h7-8,18H,1-6H2. The Morgan fingerprint density at radius 1 is 1.00 bits per heavy atom. The van der Waals surface area contributed by atoms with Crippen molar-refractivity contribution in [1.29, 1.82) is 0 Å². The molecule has 1 saturated heterocycles. The van der Waals surface area contributed by atoms with Crippen LogP contribution in [0.4, 0.5) is 8.78 Å². The predicted molar refractivity (Wildman–Crippen MR) is 68.4 cm³/mol. The Balaban J connectivity index is 1.87. The first-order valence-electron chi connectivity index (χ1n) is 6.60. The number of aliphatic hydroxyl groups is 1. The molecule has 0 aromatic heterocycles. The van der Waals surface area contributed by atoms with Crippen molar-refractivity contribution in [2.45, 2.75) is 37.1 Å². The zero-order valence-electron chi connectivity index (χ0n) is 10.8. The molecule has 20 heavy (non-hydrogen) atoms. The summed E-state index contributed by atoms with van der Waals surface area (Å²) >= 11 is 5.60. The van der Waals surface area contributed by atoms with Crippen molar-refractivity contribution in [3.05, 3.63) is 34.4 Å². The van der Waals surface area contributed by atoms with Gasteiger partial charge in [-0.1, -0.05) is 11.6 Å². The first-order valence-corrected chi connectivity index (χ1v) is 6.97. The van der Waals surface area contributed by atoms with Crippen molar-refractivity contribution >= 4 is 11.6 Å². The molecule has 1 aliphatic carbocycles. The largest absolute Gasteiger partial charge is 0.385 e. The lowest BCUT2D eigenvalue weighted by Crippen LogP contribution is -2.42. The minimum Gasteiger partial charge on any atom is -0.385 e. The summed E-state index contributed by atoms with van der Waals surface area (Å²) < 4.78 is 39.0. The van der Waals surface area contributed by atoms with Crippen LogP contribution < -0.4 is 0 Å². The van der Waals surface area contributed by atoms with Crippen molar-refractivity contribution in [2.75, 3.05) is 13.2 Å². The fourth-order valence-corrected chi connectivity index (χ4v) is 3.26. The van der Waals surface area contributed by atoms with E-state index >= 15 is 0 Å². The Hall–Kier alpha value is -0.750. The Labute approximate surface area is 120 Å². The summed E-state index contributed by atoms with van der Waals surface area (Å²) in [6.07, 6.45) is 1.18. The van der Waals surface area contributed by atoms with Crippen LogP contribution in [-0.2, 0) is 15.1 Å². The van der Waals surface area contributed by atoms with Gasteiger partial charge in [-0.05, 0) is 25.0 Å². The number of ether oxygens (including phenoxy) is 2. The van der Waals surface area contributed by atoms with Crippen LogP contribution in [-0.4, -0.2) is 24.1 Å². The molecule has 1 spiro atoms. The van der Waals surface area contributed by atoms with Gasteiger partial charge >= 0.3 is 0 Å². The van der Waals surface area contributed by atoms with E-state index in [4.69, 9.17) is 21.1 Å². The summed E-state index contributed by atoms with van der Waals surface area (Å²) in [6.45, 7) is 1.03. The van der Waals surface area contributed by atoms with Gasteiger partial charge in [-0.15, -0.1) is 0 Å². The van der Waals surface area contributed by atoms with Gasteiger partial charge in [-0.3, -0.25) is 0 Å². The molecular weight excluding hydrogens is 290 g/mol. The summed E-state index contributed by atoms with van der Waals surface area (Å²) in [5, 5.41) is 10.6. The van der Waals surface area contributed by atoms with Gasteiger partial charge < -0.3 is 14.6 Å². The lowest BCUT2D eigenvalue weighted by atomic mass is 9.76. The summed E-state index contributed by atoms with van der Waals surface area (Å²) in [4.78, 5) is 0. The maximum absolute atomic E-state index is 14.0. The van der Waals surface area contributed by atoms with Crippen molar-refractivity contribution in [3.63, 3.8) is 0 Å². The highest BCUT2D eigenvalue weighted by molar-refractivity contribution is 6.30. The van der Waals surface area contributed by atoms with Gasteiger partial charge in [0.05, 0.1) is 24.4 Å². The highest BCUT2D eigenvalue weighted by atomic mass is 35.5. The number of benzene rings is 1. The van der Waals surface area contributed by atoms with Gasteiger partial charge in [0.2, 0.25) is 0 Å². The molecule has 0 radical (unpaired) electrons. The van der Waals surface area contributed by atoms with Crippen LogP contribution in [0.1, 0.15) is 31.2 Å². The average molecular weight is 305 g/mol. The minimum absolute atomic E-state index is 0.0258. The van der Waals surface area contributed by atoms with E-state index in [1.54, 1.807) is 0 Å². The average Bonchev–Trinajstić information content (AvgIpc) is 2.81. The Morgan fingerprint density at radius 2 is 1.50 bits per heavy atom. The molecule has 110 valence electrons. The maximum Gasteiger partial charge on any atom is 0.168 e. The number of hydrogen-bond donors (Lipinski definition) is 1. The van der Waals surface area contributed by atoms with Gasteiger partial charge in [0.25, 0.3) is 0 Å². The van der Waals surface area contributed by atoms with Crippen LogP contribution in [0.25, 0.3) is 0 Å². The highest BCUT2D eigenvalue weighted by Crippen LogP contribution is 2.46. The number of halogens is 3. The smallest absolute Gasteiger partial charge is 0.168 e. The summed E-state index contributed by atoms with van der Waals surface area (Å²) in [5.41, 5.74) is -1.85. The summed E-state index contributed by atoms with van der Waals surface area (Å²) in [6, 6.07) is 2.04. The normalized spacial score (nSPS) is 24.2. The Kier molecular flexibility index (Phi) is 3.49. The monoisotopic (exact) mass is 304 g/mol. The SMILES string of the molecule is OC1(c2c(F)cc(Cl)cc2F)CCC2(CC1)OCCO2. The van der Waals surface area contributed by atoms with Gasteiger partial charge in [0.1, 0.15) is 11.6 Å². The third-order valence-electron chi connectivity index (χ3n) is 4.12. The van der Waals surface area contributed by atoms with E-state index < -0.39 is 23.0 Å². The summed E-state index contributed by atoms with van der Waals surface area (Å²) in [5.74, 6) is -2.32. The Bertz CT molecular complexity index is 496. The molecule has 3 nitrogen and oxygen atoms in total. The van der Waals surface area contributed by atoms with E-state index in [1.807, 2.05) is 0 Å². The molecule has 0 unspecified atom stereocenters. The highest BCUT2D eigenvalue weighted by Gasteiger charge is 2.48. The molecule has 1 aromatic carbocycles. The molecule has 1 N–H and O–H groups in total. The van der Waals surface area contributed by atoms with Crippen molar-refractivity contribution in [2.24, 2.45) is 0 Å². The molecule has 0 atom stereocenters. The lowest BCUT2D eigenvalue weighted by molar-refractivity contribution is -0.205. The Morgan fingerprint density at radius 3 is 2.00 bits per heavy atom. The van der Waals surface area contributed by atoms with E-state index in [0.717, 1.165) is 12.1 Å². The van der Waals surface area contributed by atoms with Crippen LogP contribution in [0.2, 0.25) is 5.02 Å². The molecule has 0 bridgehead atoms. The van der Waals surface area contributed by atoms with E-state index in [0.29, 0.717) is 26.1 Å². The zero-order valence-corrected chi connectivity index (χ0v) is 11.6. The van der Waals surface area contributed by atoms with Crippen LogP contribution in [0.15, 0.2) is 12.1 Å². The molecule has 3 rings (SSSR count). The third kappa shape index (κ3) is 2.33. The first kappa shape index (κ1) is 14.2. The second-order valence-corrected chi connectivity index (χ2v) is 5.82. The third-order valence-corrected chi connectivity index (χ3v) is 4.34. The summed E-state index contributed by atoms with van der Waals surface area (Å²) in [7, 11) is 0. The molecule has 1 heterocycles. The maximum atomic E-state index is 14.0. The second-order valence-electron chi connectivity index (χ2n) is 5.38. The molecule has 1 aliphatic heterocycles. The van der Waals surface area contributed by atoms with Crippen LogP contribution in [0.3, 0.4) is 0 Å². The molecule has 0 amide bonds. The topological polar surface area (TPSA) is 38.7 Å². The molecule has 1 aromatic rings. The molecular formula is C14H15ClF2O3. The van der Waals surface area contributed by atoms with E-state index in [-0.39, 0.29) is 23.4 Å². The molecule has 6 heteroatoms. The van der Waals surface area contributed by atoms with E-state index in [9.17, 15) is 13.9 Å². The first-order chi connectivity index (χ1) is 9.44. The van der Waals surface area contributed by atoms with Crippen molar-refractivity contribution in [1.82, 2.24) is 0 Å². The molecule has 1 saturated carbocycles. The van der Waals surface area contributed by atoms with E-state index in [1.165, 1.54) is 0 Å². The zero-order chi connectivity index (χ0) is 14.4. The fourth-order valence-electron chi connectivity index (χ4n) is 3.07. The van der Waals surface area contributed by atoms with Gasteiger partial charge in [-0.2, -0.15) is 0 Å². The van der Waals surface area contributed by atoms with Gasteiger partial charge in [-0.25, -0.2) is 8.78 Å². The predicted octanol–water partition coefficient (Wildman–Crippen LogP) is 3.12. The second kappa shape index (κ2) is 4.91. The minimum atomic E-state index is -1.54. The van der Waals surface area contributed by atoms with Crippen LogP contribution >= 0.6 is 11.6 Å². The fraction of sp³-hybridized carbons (Fsp3) is 0.571. The van der Waals surface area contributed by atoms with Crippen LogP contribution in [0.5, 0.6) is 0 Å². The lowest BCUT2D eigenvalue weighted by Gasteiger charge is -2.40. The van der Waals surface area contributed by atoms with Gasteiger partial charge in [0, 0.05) is 17.9 Å². The van der Waals surface area contributed by atoms with Crippen molar-refractivity contribution in [3.8, 4) is 0 Å². The number of hydrogen-bond acceptors (Lipinski definition) is 3. The van der Waals surface area contributed by atoms with Gasteiger partial charge in [0.15, 0.2) is 5.79 Å². The van der Waals surface area contributed by atoms with E-state index in [2.05, 4.69) is 0 Å². The molecule has 2 fully saturated rings. The van der Waals surface area contributed by atoms with Crippen molar-refractivity contribution < 1.29 is 23.4 Å². The number of rotatable bonds is 1. The quantitative estimate of drug-likeness (QED) is 0.866.